The zero-order valence-electron chi connectivity index (χ0n) is 28.8. The van der Waals surface area contributed by atoms with E-state index in [0.717, 1.165) is 33.6 Å². The van der Waals surface area contributed by atoms with Crippen molar-refractivity contribution >= 4 is 38.1 Å². The highest BCUT2D eigenvalue weighted by Gasteiger charge is 2.32. The van der Waals surface area contributed by atoms with E-state index in [0.29, 0.717) is 16.4 Å². The Morgan fingerprint density at radius 1 is 0.980 bits per heavy atom. The van der Waals surface area contributed by atoms with E-state index in [1.807, 2.05) is 81.6 Å². The molecule has 1 amide bonds. The van der Waals surface area contributed by atoms with Gasteiger partial charge in [-0.1, -0.05) is 50.2 Å². The number of aliphatic hydroxyl groups is 1. The van der Waals surface area contributed by atoms with Crippen molar-refractivity contribution in [1.82, 2.24) is 19.6 Å². The number of thiazole rings is 1. The number of benzene rings is 3. The van der Waals surface area contributed by atoms with Crippen LogP contribution in [0.1, 0.15) is 40.9 Å². The van der Waals surface area contributed by atoms with Crippen molar-refractivity contribution in [3.63, 3.8) is 0 Å². The average Bonchev–Trinajstić information content (AvgIpc) is 3.59. The Hall–Kier alpha value is -4.62. The summed E-state index contributed by atoms with van der Waals surface area (Å²) in [5, 5.41) is 20.8. The van der Waals surface area contributed by atoms with Crippen LogP contribution in [0.3, 0.4) is 0 Å². The first kappa shape index (κ1) is 36.7. The van der Waals surface area contributed by atoms with Crippen LogP contribution in [-0.4, -0.2) is 66.0 Å². The van der Waals surface area contributed by atoms with Gasteiger partial charge in [-0.15, -0.1) is 11.3 Å². The Kier molecular flexibility index (Phi) is 12.0. The lowest BCUT2D eigenvalue weighted by Crippen LogP contribution is -2.51. The number of rotatable bonds is 15. The van der Waals surface area contributed by atoms with Gasteiger partial charge in [0.05, 0.1) is 29.8 Å². The topological polar surface area (TPSA) is 134 Å². The first-order chi connectivity index (χ1) is 24.0. The Bertz CT molecular complexity index is 1990. The van der Waals surface area contributed by atoms with Gasteiger partial charge in [-0.05, 0) is 85.3 Å². The third-order valence-corrected chi connectivity index (χ3v) is 11.0. The normalized spacial score (nSPS) is 12.9. The summed E-state index contributed by atoms with van der Waals surface area (Å²) >= 11 is 1.45. The number of hydrogen-bond donors (Lipinski definition) is 3. The zero-order chi connectivity index (χ0) is 35.8. The first-order valence-corrected chi connectivity index (χ1v) is 18.7. The third-order valence-electron chi connectivity index (χ3n) is 8.35. The molecule has 0 radical (unpaired) electrons. The number of pyridine rings is 1. The summed E-state index contributed by atoms with van der Waals surface area (Å²) in [7, 11) is -2.46. The zero-order valence-corrected chi connectivity index (χ0v) is 30.5. The molecule has 0 aliphatic carbocycles. The van der Waals surface area contributed by atoms with E-state index in [1.54, 1.807) is 30.6 Å². The van der Waals surface area contributed by atoms with Crippen LogP contribution in [0.25, 0.3) is 11.3 Å². The Morgan fingerprint density at radius 3 is 2.38 bits per heavy atom. The fourth-order valence-electron chi connectivity index (χ4n) is 5.68. The Balaban J connectivity index is 1.40. The number of aryl methyl sites for hydroxylation is 1. The van der Waals surface area contributed by atoms with Crippen LogP contribution in [0.4, 0.5) is 10.8 Å². The molecule has 12 heteroatoms. The number of aliphatic hydroxyl groups excluding tert-OH is 1. The second-order valence-electron chi connectivity index (χ2n) is 12.6. The van der Waals surface area contributed by atoms with Crippen LogP contribution in [-0.2, 0) is 16.4 Å². The molecule has 0 saturated heterocycles. The molecule has 2 aromatic heterocycles. The maximum atomic E-state index is 14.0. The summed E-state index contributed by atoms with van der Waals surface area (Å²) in [6, 6.07) is 22.3. The minimum absolute atomic E-state index is 0.0169. The van der Waals surface area contributed by atoms with Crippen molar-refractivity contribution < 1.29 is 23.1 Å². The summed E-state index contributed by atoms with van der Waals surface area (Å²) in [6.45, 7) is 7.64. The van der Waals surface area contributed by atoms with Gasteiger partial charge in [-0.25, -0.2) is 13.4 Å². The molecule has 262 valence electrons. The predicted octanol–water partition coefficient (Wildman–Crippen LogP) is 6.62. The van der Waals surface area contributed by atoms with Gasteiger partial charge in [-0.3, -0.25) is 9.78 Å². The number of anilines is 2. The summed E-state index contributed by atoms with van der Waals surface area (Å²) in [4.78, 5) is 23.0. The van der Waals surface area contributed by atoms with E-state index in [2.05, 4.69) is 15.6 Å². The lowest BCUT2D eigenvalue weighted by molar-refractivity contribution is 0.0775. The molecular weight excluding hydrogens is 671 g/mol. The van der Waals surface area contributed by atoms with Crippen molar-refractivity contribution in [2.75, 3.05) is 25.5 Å². The fourth-order valence-corrected chi connectivity index (χ4v) is 8.02. The van der Waals surface area contributed by atoms with Gasteiger partial charge >= 0.3 is 0 Å². The molecule has 3 N–H and O–H groups in total. The van der Waals surface area contributed by atoms with E-state index in [9.17, 15) is 18.3 Å². The molecule has 2 atom stereocenters. The number of methoxy groups -OCH3 is 1. The highest BCUT2D eigenvalue weighted by atomic mass is 32.2. The molecule has 10 nitrogen and oxygen atoms in total. The van der Waals surface area contributed by atoms with Gasteiger partial charge in [-0.2, -0.15) is 4.31 Å². The van der Waals surface area contributed by atoms with Crippen LogP contribution < -0.4 is 15.4 Å². The molecule has 50 heavy (non-hydrogen) atoms. The van der Waals surface area contributed by atoms with Crippen molar-refractivity contribution in [2.45, 2.75) is 51.2 Å². The summed E-state index contributed by atoms with van der Waals surface area (Å²) < 4.78 is 34.2. The van der Waals surface area contributed by atoms with Gasteiger partial charge in [0.1, 0.15) is 5.75 Å². The number of sulfonamides is 1. The number of ether oxygens (including phenoxy) is 1. The largest absolute Gasteiger partial charge is 0.497 e. The monoisotopic (exact) mass is 713 g/mol. The van der Waals surface area contributed by atoms with Gasteiger partial charge in [0.25, 0.3) is 5.91 Å². The molecule has 0 unspecified atom stereocenters. The summed E-state index contributed by atoms with van der Waals surface area (Å²) in [5.74, 6) is 0.141. The van der Waals surface area contributed by atoms with Gasteiger partial charge in [0, 0.05) is 47.7 Å². The Morgan fingerprint density at radius 2 is 1.72 bits per heavy atom. The number of carbonyl (C=O) groups is 1. The van der Waals surface area contributed by atoms with Crippen LogP contribution in [0, 0.1) is 19.8 Å². The van der Waals surface area contributed by atoms with Crippen LogP contribution >= 0.6 is 11.3 Å². The second kappa shape index (κ2) is 16.4. The minimum atomic E-state index is -3.98. The van der Waals surface area contributed by atoms with Gasteiger partial charge in [0.15, 0.2) is 5.13 Å². The summed E-state index contributed by atoms with van der Waals surface area (Å²) in [6.07, 6.45) is 2.54. The fraction of sp³-hybridized carbons (Fsp3) is 0.289. The van der Waals surface area contributed by atoms with E-state index < -0.39 is 22.2 Å². The maximum Gasteiger partial charge on any atom is 0.251 e. The highest BCUT2D eigenvalue weighted by molar-refractivity contribution is 7.89. The first-order valence-electron chi connectivity index (χ1n) is 16.4. The lowest BCUT2D eigenvalue weighted by atomic mass is 9.98. The molecule has 0 aliphatic heterocycles. The van der Waals surface area contributed by atoms with E-state index in [1.165, 1.54) is 34.9 Å². The number of amides is 1. The standard InChI is InChI=1S/C38H43N5O5S2/c1-25(2)22-43(50(46,47)31-16-14-30(48-5)15-17-31)23-35(44)33(20-28-10-7-6-8-11-28)40-37(45)32-18-13-26(3)36(27(32)4)42-38-41-34(24-49-38)29-12-9-19-39-21-29/h6-19,21,24-25,33,35,44H,20,22-23H2,1-5H3,(H,40,45)(H,41,42)/t33-,35+/m0/s1. The van der Waals surface area contributed by atoms with Crippen molar-refractivity contribution in [3.05, 3.63) is 119 Å². The lowest BCUT2D eigenvalue weighted by Gasteiger charge is -2.31. The molecule has 0 aliphatic rings. The molecule has 2 heterocycles. The van der Waals surface area contributed by atoms with Crippen molar-refractivity contribution in [3.8, 4) is 17.0 Å². The van der Waals surface area contributed by atoms with Crippen molar-refractivity contribution in [2.24, 2.45) is 5.92 Å². The van der Waals surface area contributed by atoms with E-state index in [4.69, 9.17) is 9.72 Å². The minimum Gasteiger partial charge on any atom is -0.497 e. The smallest absolute Gasteiger partial charge is 0.251 e. The molecule has 5 rings (SSSR count). The SMILES string of the molecule is COc1ccc(S(=O)(=O)N(CC(C)C)C[C@@H](O)[C@H](Cc2ccccc2)NC(=O)c2ccc(C)c(Nc3nc(-c4cccnc4)cs3)c2C)cc1. The molecule has 3 aromatic carbocycles. The number of nitrogens with one attached hydrogen (secondary N) is 2. The van der Waals surface area contributed by atoms with Crippen molar-refractivity contribution in [1.29, 1.82) is 0 Å². The number of carbonyl (C=O) groups excluding carboxylic acids is 1. The quantitative estimate of drug-likeness (QED) is 0.110. The highest BCUT2D eigenvalue weighted by Crippen LogP contribution is 2.31. The van der Waals surface area contributed by atoms with Crippen LogP contribution in [0.2, 0.25) is 0 Å². The number of aromatic nitrogens is 2. The molecule has 0 saturated carbocycles. The van der Waals surface area contributed by atoms with E-state index in [-0.39, 0.29) is 36.2 Å². The maximum absolute atomic E-state index is 14.0. The van der Waals surface area contributed by atoms with E-state index >= 15 is 0 Å². The second-order valence-corrected chi connectivity index (χ2v) is 15.4. The summed E-state index contributed by atoms with van der Waals surface area (Å²) in [5.41, 5.74) is 5.44. The predicted molar refractivity (Wildman–Crippen MR) is 199 cm³/mol. The molecule has 0 fully saturated rings. The number of hydrogen-bond acceptors (Lipinski definition) is 9. The van der Waals surface area contributed by atoms with Crippen LogP contribution in [0.5, 0.6) is 5.75 Å². The third kappa shape index (κ3) is 8.94. The Labute approximate surface area is 298 Å². The van der Waals surface area contributed by atoms with Gasteiger partial charge in [0.2, 0.25) is 10.0 Å². The molecule has 0 spiro atoms. The van der Waals surface area contributed by atoms with Gasteiger partial charge < -0.3 is 20.5 Å². The molecular formula is C38H43N5O5S2. The average molecular weight is 714 g/mol. The van der Waals surface area contributed by atoms with Crippen LogP contribution in [0.15, 0.2) is 102 Å². The molecule has 5 aromatic rings. The number of nitrogens with zero attached hydrogens (tertiary/aromatic N) is 3. The molecule has 0 bridgehead atoms.